The maximum atomic E-state index is 13.5. The normalized spacial score (nSPS) is 18.5. The maximum absolute atomic E-state index is 13.5. The highest BCUT2D eigenvalue weighted by atomic mass is 16.5. The molecule has 3 aromatic rings. The van der Waals surface area contributed by atoms with Crippen LogP contribution in [-0.2, 0) is 22.7 Å². The average Bonchev–Trinajstić information content (AvgIpc) is 2.88. The average molecular weight is 483 g/mol. The number of ether oxygens (including phenoxy) is 1. The quantitative estimate of drug-likeness (QED) is 0.397. The van der Waals surface area contributed by atoms with Crippen molar-refractivity contribution < 1.29 is 14.3 Å². The number of nitrogens with one attached hydrogen (secondary N) is 1. The number of amides is 2. The van der Waals surface area contributed by atoms with Crippen LogP contribution in [0.2, 0.25) is 0 Å². The van der Waals surface area contributed by atoms with E-state index in [-0.39, 0.29) is 24.0 Å². The monoisotopic (exact) mass is 482 g/mol. The Balaban J connectivity index is 1.54. The topological polar surface area (TPSA) is 58.6 Å². The van der Waals surface area contributed by atoms with Crippen molar-refractivity contribution in [1.82, 2.24) is 10.2 Å². The molecule has 1 aliphatic rings. The number of hydrogen-bond donors (Lipinski definition) is 1. The highest BCUT2D eigenvalue weighted by Gasteiger charge is 2.53. The summed E-state index contributed by atoms with van der Waals surface area (Å²) in [4.78, 5) is 28.2. The molecule has 4 rings (SSSR count). The van der Waals surface area contributed by atoms with Crippen LogP contribution in [0.5, 0.6) is 0 Å². The van der Waals surface area contributed by atoms with Crippen molar-refractivity contribution in [3.63, 3.8) is 0 Å². The van der Waals surface area contributed by atoms with Gasteiger partial charge in [-0.15, -0.1) is 0 Å². The number of rotatable bonds is 8. The zero-order chi connectivity index (χ0) is 25.5. The van der Waals surface area contributed by atoms with Gasteiger partial charge in [0, 0.05) is 6.54 Å². The predicted octanol–water partition coefficient (Wildman–Crippen LogP) is 6.07. The molecule has 0 spiro atoms. The highest BCUT2D eigenvalue weighted by molar-refractivity contribution is 5.88. The minimum absolute atomic E-state index is 0.0323. The molecule has 0 radical (unpaired) electrons. The predicted molar refractivity (Wildman–Crippen MR) is 143 cm³/mol. The maximum Gasteiger partial charge on any atom is 0.407 e. The fourth-order valence-corrected chi connectivity index (χ4v) is 4.63. The molecule has 0 bridgehead atoms. The van der Waals surface area contributed by atoms with Gasteiger partial charge in [-0.3, -0.25) is 4.79 Å². The van der Waals surface area contributed by atoms with Gasteiger partial charge in [-0.2, -0.15) is 0 Å². The second-order valence-corrected chi connectivity index (χ2v) is 10.3. The Morgan fingerprint density at radius 2 is 1.47 bits per heavy atom. The van der Waals surface area contributed by atoms with Gasteiger partial charge >= 0.3 is 6.09 Å². The number of likely N-dealkylation sites (tertiary alicyclic amines) is 1. The molecular weight excluding hydrogens is 448 g/mol. The van der Waals surface area contributed by atoms with Crippen molar-refractivity contribution in [1.29, 1.82) is 0 Å². The summed E-state index contributed by atoms with van der Waals surface area (Å²) in [6.07, 6.45) is 3.62. The molecule has 5 nitrogen and oxygen atoms in total. The summed E-state index contributed by atoms with van der Waals surface area (Å²) in [6.45, 7) is 6.83. The van der Waals surface area contributed by atoms with E-state index in [1.54, 1.807) is 0 Å². The van der Waals surface area contributed by atoms with E-state index >= 15 is 0 Å². The van der Waals surface area contributed by atoms with Crippen LogP contribution in [0, 0.1) is 11.3 Å². The Hall–Kier alpha value is -3.86. The van der Waals surface area contributed by atoms with Crippen LogP contribution in [0.4, 0.5) is 4.79 Å². The van der Waals surface area contributed by atoms with Crippen LogP contribution in [-0.4, -0.2) is 29.0 Å². The lowest BCUT2D eigenvalue weighted by Gasteiger charge is -2.52. The molecule has 1 heterocycles. The van der Waals surface area contributed by atoms with Gasteiger partial charge in [-0.25, -0.2) is 4.79 Å². The molecule has 3 atom stereocenters. The second-order valence-electron chi connectivity index (χ2n) is 10.3. The van der Waals surface area contributed by atoms with Crippen molar-refractivity contribution in [3.8, 4) is 0 Å². The number of nitrogens with zero attached hydrogens (tertiary/aromatic N) is 1. The first kappa shape index (κ1) is 25.2. The lowest BCUT2D eigenvalue weighted by atomic mass is 9.70. The van der Waals surface area contributed by atoms with E-state index in [4.69, 9.17) is 4.74 Å². The minimum Gasteiger partial charge on any atom is -0.445 e. The van der Waals surface area contributed by atoms with Crippen LogP contribution in [0.15, 0.2) is 97.1 Å². The number of β-lactam (4-membered cyclic amide) rings is 1. The summed E-state index contributed by atoms with van der Waals surface area (Å²) in [7, 11) is 0. The third-order valence-electron chi connectivity index (χ3n) is 6.56. The first-order valence-corrected chi connectivity index (χ1v) is 12.4. The van der Waals surface area contributed by atoms with Crippen LogP contribution in [0.1, 0.15) is 37.5 Å². The molecule has 1 N–H and O–H groups in total. The van der Waals surface area contributed by atoms with Crippen molar-refractivity contribution in [2.75, 3.05) is 0 Å². The van der Waals surface area contributed by atoms with E-state index < -0.39 is 18.1 Å². The van der Waals surface area contributed by atoms with E-state index in [1.807, 2.05) is 117 Å². The summed E-state index contributed by atoms with van der Waals surface area (Å²) in [6, 6.07) is 29.0. The van der Waals surface area contributed by atoms with Crippen LogP contribution in [0.25, 0.3) is 6.08 Å². The smallest absolute Gasteiger partial charge is 0.407 e. The van der Waals surface area contributed by atoms with Gasteiger partial charge in [0.1, 0.15) is 6.61 Å². The van der Waals surface area contributed by atoms with Gasteiger partial charge in [0.2, 0.25) is 5.91 Å². The van der Waals surface area contributed by atoms with Gasteiger partial charge < -0.3 is 15.0 Å². The largest absolute Gasteiger partial charge is 0.445 e. The Morgan fingerprint density at radius 3 is 2.06 bits per heavy atom. The van der Waals surface area contributed by atoms with Gasteiger partial charge in [0.15, 0.2) is 0 Å². The fraction of sp³-hybridized carbons (Fsp3) is 0.290. The van der Waals surface area contributed by atoms with Crippen molar-refractivity contribution >= 4 is 18.1 Å². The lowest BCUT2D eigenvalue weighted by molar-refractivity contribution is -0.158. The Morgan fingerprint density at radius 1 is 0.917 bits per heavy atom. The standard InChI is InChI=1S/C31H34N2O3/c1-31(2,3)28(32-30(35)36-22-25-17-11-6-12-18-25)27-26(20-19-23-13-7-4-8-14-23)33(29(27)34)21-24-15-9-5-10-16-24/h4-20,26-28H,21-22H2,1-3H3,(H,32,35)/b20-19+/t26-,27+,28-/m1/s1. The van der Waals surface area contributed by atoms with Gasteiger partial charge in [-0.05, 0) is 22.1 Å². The number of alkyl carbamates (subject to hydrolysis) is 1. The van der Waals surface area contributed by atoms with Crippen LogP contribution >= 0.6 is 0 Å². The molecule has 1 fully saturated rings. The lowest BCUT2D eigenvalue weighted by Crippen LogP contribution is -2.68. The molecule has 0 unspecified atom stereocenters. The van der Waals surface area contributed by atoms with E-state index in [0.717, 1.165) is 16.7 Å². The summed E-state index contributed by atoms with van der Waals surface area (Å²) in [5.74, 6) is -0.359. The molecular formula is C31H34N2O3. The van der Waals surface area contributed by atoms with Gasteiger partial charge in [0.25, 0.3) is 0 Å². The van der Waals surface area contributed by atoms with Crippen LogP contribution in [0.3, 0.4) is 0 Å². The first-order valence-electron chi connectivity index (χ1n) is 12.4. The summed E-state index contributed by atoms with van der Waals surface area (Å²) < 4.78 is 5.50. The van der Waals surface area contributed by atoms with Crippen molar-refractivity contribution in [3.05, 3.63) is 114 Å². The number of hydrogen-bond acceptors (Lipinski definition) is 3. The summed E-state index contributed by atoms with van der Waals surface area (Å²) in [5.41, 5.74) is 2.70. The Labute approximate surface area is 213 Å². The fourth-order valence-electron chi connectivity index (χ4n) is 4.63. The molecule has 0 aliphatic carbocycles. The van der Waals surface area contributed by atoms with E-state index in [9.17, 15) is 9.59 Å². The molecule has 2 amide bonds. The number of carbonyl (C=O) groups excluding carboxylic acids is 2. The molecule has 0 aromatic heterocycles. The minimum atomic E-state index is -0.515. The van der Waals surface area contributed by atoms with E-state index in [0.29, 0.717) is 6.54 Å². The zero-order valence-corrected chi connectivity index (χ0v) is 21.1. The molecule has 1 saturated heterocycles. The van der Waals surface area contributed by atoms with E-state index in [1.165, 1.54) is 0 Å². The number of carbonyl (C=O) groups is 2. The van der Waals surface area contributed by atoms with Gasteiger partial charge in [0.05, 0.1) is 18.0 Å². The molecule has 0 saturated carbocycles. The molecule has 3 aromatic carbocycles. The van der Waals surface area contributed by atoms with Crippen LogP contribution < -0.4 is 5.32 Å². The highest BCUT2D eigenvalue weighted by Crippen LogP contribution is 2.39. The molecule has 36 heavy (non-hydrogen) atoms. The SMILES string of the molecule is CC(C)(C)[C@H](NC(=O)OCc1ccccc1)[C@H]1C(=O)N(Cc2ccccc2)[C@@H]1/C=C/c1ccccc1. The van der Waals surface area contributed by atoms with Crippen molar-refractivity contribution in [2.24, 2.45) is 11.3 Å². The molecule has 5 heteroatoms. The summed E-state index contributed by atoms with van der Waals surface area (Å²) in [5, 5.41) is 3.03. The first-order chi connectivity index (χ1) is 17.3. The van der Waals surface area contributed by atoms with Gasteiger partial charge in [-0.1, -0.05) is 124 Å². The van der Waals surface area contributed by atoms with Crippen molar-refractivity contribution in [2.45, 2.75) is 46.0 Å². The number of benzene rings is 3. The third kappa shape index (κ3) is 6.22. The Kier molecular flexibility index (Phi) is 7.89. The van der Waals surface area contributed by atoms with E-state index in [2.05, 4.69) is 17.5 Å². The summed E-state index contributed by atoms with van der Waals surface area (Å²) >= 11 is 0. The third-order valence-corrected chi connectivity index (χ3v) is 6.56. The second kappa shape index (κ2) is 11.3. The molecule has 1 aliphatic heterocycles. The molecule has 186 valence electrons. The zero-order valence-electron chi connectivity index (χ0n) is 21.1. The Bertz CT molecular complexity index is 1170.